The molecule has 1 amide bonds. The van der Waals surface area contributed by atoms with Crippen molar-refractivity contribution >= 4 is 5.91 Å². The average Bonchev–Trinajstić information content (AvgIpc) is 3.02. The van der Waals surface area contributed by atoms with Gasteiger partial charge in [-0.3, -0.25) is 4.79 Å². The molecule has 0 radical (unpaired) electrons. The van der Waals surface area contributed by atoms with Crippen LogP contribution in [0.4, 0.5) is 17.6 Å². The predicted octanol–water partition coefficient (Wildman–Crippen LogP) is 2.54. The van der Waals surface area contributed by atoms with Gasteiger partial charge in [0.15, 0.2) is 0 Å². The smallest absolute Gasteiger partial charge is 0.348 e. The third kappa shape index (κ3) is 2.95. The maximum Gasteiger partial charge on any atom is 0.416 e. The van der Waals surface area contributed by atoms with Crippen LogP contribution in [0.2, 0.25) is 0 Å². The van der Waals surface area contributed by atoms with Gasteiger partial charge in [-0.15, -0.1) is 0 Å². The summed E-state index contributed by atoms with van der Waals surface area (Å²) in [6, 6.07) is 2.64. The standard InChI is InChI=1S/C15H16F4N2O/c16-10-2-4-21(8-10)3-1-9-5-11-12(7-20-14(11)22)13(6-9)15(17,18)19/h5-6,10H,1-4,7-8H2,(H,20,22)/t10-/m0/s1. The van der Waals surface area contributed by atoms with E-state index < -0.39 is 23.8 Å². The van der Waals surface area contributed by atoms with Crippen LogP contribution >= 0.6 is 0 Å². The van der Waals surface area contributed by atoms with E-state index in [1.165, 1.54) is 6.07 Å². The third-order valence-corrected chi connectivity index (χ3v) is 4.22. The van der Waals surface area contributed by atoms with E-state index in [2.05, 4.69) is 5.32 Å². The fourth-order valence-corrected chi connectivity index (χ4v) is 3.06. The second-order valence-electron chi connectivity index (χ2n) is 5.79. The molecule has 3 nitrogen and oxygen atoms in total. The lowest BCUT2D eigenvalue weighted by Gasteiger charge is -2.16. The Morgan fingerprint density at radius 1 is 1.32 bits per heavy atom. The summed E-state index contributed by atoms with van der Waals surface area (Å²) >= 11 is 0. The van der Waals surface area contributed by atoms with Gasteiger partial charge in [-0.25, -0.2) is 4.39 Å². The number of likely N-dealkylation sites (tertiary alicyclic amines) is 1. The minimum atomic E-state index is -4.48. The van der Waals surface area contributed by atoms with Crippen LogP contribution in [0.25, 0.3) is 0 Å². The first-order valence-electron chi connectivity index (χ1n) is 7.22. The maximum absolute atomic E-state index is 13.1. The highest BCUT2D eigenvalue weighted by Crippen LogP contribution is 2.36. The van der Waals surface area contributed by atoms with Crippen molar-refractivity contribution in [3.05, 3.63) is 34.4 Å². The first kappa shape index (κ1) is 15.3. The molecule has 1 fully saturated rings. The predicted molar refractivity (Wildman–Crippen MR) is 72.3 cm³/mol. The van der Waals surface area contributed by atoms with Crippen molar-refractivity contribution in [2.24, 2.45) is 0 Å². The molecule has 0 aromatic heterocycles. The highest BCUT2D eigenvalue weighted by Gasteiger charge is 2.37. The summed E-state index contributed by atoms with van der Waals surface area (Å²) in [5.41, 5.74) is -0.158. The van der Waals surface area contributed by atoms with Crippen molar-refractivity contribution in [3.63, 3.8) is 0 Å². The summed E-state index contributed by atoms with van der Waals surface area (Å²) in [7, 11) is 0. The molecule has 3 rings (SSSR count). The second-order valence-corrected chi connectivity index (χ2v) is 5.79. The van der Waals surface area contributed by atoms with E-state index in [9.17, 15) is 22.4 Å². The van der Waals surface area contributed by atoms with Crippen molar-refractivity contribution in [2.75, 3.05) is 19.6 Å². The molecule has 0 spiro atoms. The molecule has 0 aliphatic carbocycles. The van der Waals surface area contributed by atoms with Gasteiger partial charge in [0.2, 0.25) is 0 Å². The van der Waals surface area contributed by atoms with Crippen LogP contribution < -0.4 is 5.32 Å². The molecular formula is C15H16F4N2O. The molecule has 0 bridgehead atoms. The summed E-state index contributed by atoms with van der Waals surface area (Å²) in [6.45, 7) is 1.37. The molecule has 2 heterocycles. The van der Waals surface area contributed by atoms with Gasteiger partial charge in [0.05, 0.1) is 5.56 Å². The lowest BCUT2D eigenvalue weighted by Crippen LogP contribution is -2.24. The van der Waals surface area contributed by atoms with Gasteiger partial charge in [0.1, 0.15) is 6.17 Å². The van der Waals surface area contributed by atoms with Crippen LogP contribution in [0.5, 0.6) is 0 Å². The van der Waals surface area contributed by atoms with Gasteiger partial charge in [0, 0.05) is 31.7 Å². The van der Waals surface area contributed by atoms with E-state index in [0.29, 0.717) is 38.0 Å². The minimum absolute atomic E-state index is 0.0197. The number of rotatable bonds is 3. The minimum Gasteiger partial charge on any atom is -0.348 e. The quantitative estimate of drug-likeness (QED) is 0.869. The first-order valence-corrected chi connectivity index (χ1v) is 7.22. The average molecular weight is 316 g/mol. The number of benzene rings is 1. The molecule has 120 valence electrons. The Bertz CT molecular complexity index is 600. The molecule has 2 aliphatic heterocycles. The lowest BCUT2D eigenvalue weighted by atomic mass is 9.97. The van der Waals surface area contributed by atoms with E-state index in [-0.39, 0.29) is 17.7 Å². The van der Waals surface area contributed by atoms with Crippen LogP contribution in [0.15, 0.2) is 12.1 Å². The van der Waals surface area contributed by atoms with E-state index >= 15 is 0 Å². The van der Waals surface area contributed by atoms with E-state index in [4.69, 9.17) is 0 Å². The zero-order valence-electron chi connectivity index (χ0n) is 11.8. The Kier molecular flexibility index (Phi) is 3.84. The van der Waals surface area contributed by atoms with Crippen LogP contribution in [0.1, 0.15) is 33.5 Å². The highest BCUT2D eigenvalue weighted by molar-refractivity contribution is 5.99. The molecular weight excluding hydrogens is 300 g/mol. The molecule has 0 saturated carbocycles. The summed E-state index contributed by atoms with van der Waals surface area (Å²) < 4.78 is 52.5. The monoisotopic (exact) mass is 316 g/mol. The number of nitrogens with one attached hydrogen (secondary N) is 1. The zero-order valence-corrected chi connectivity index (χ0v) is 11.8. The van der Waals surface area contributed by atoms with Crippen LogP contribution in [-0.4, -0.2) is 36.6 Å². The zero-order chi connectivity index (χ0) is 15.9. The van der Waals surface area contributed by atoms with Crippen molar-refractivity contribution < 1.29 is 22.4 Å². The molecule has 1 saturated heterocycles. The fourth-order valence-electron chi connectivity index (χ4n) is 3.06. The van der Waals surface area contributed by atoms with Crippen molar-refractivity contribution in [1.29, 1.82) is 0 Å². The normalized spacial score (nSPS) is 22.0. The third-order valence-electron chi connectivity index (χ3n) is 4.22. The molecule has 1 N–H and O–H groups in total. The molecule has 1 aromatic rings. The summed E-state index contributed by atoms with van der Waals surface area (Å²) in [5.74, 6) is -0.465. The number of hydrogen-bond donors (Lipinski definition) is 1. The number of fused-ring (bicyclic) bond motifs is 1. The van der Waals surface area contributed by atoms with Gasteiger partial charge in [-0.1, -0.05) is 0 Å². The Hall–Kier alpha value is -1.63. The van der Waals surface area contributed by atoms with Gasteiger partial charge >= 0.3 is 6.18 Å². The highest BCUT2D eigenvalue weighted by atomic mass is 19.4. The Morgan fingerprint density at radius 2 is 2.09 bits per heavy atom. The number of amides is 1. The Labute approximate surface area is 125 Å². The van der Waals surface area contributed by atoms with Crippen LogP contribution in [-0.2, 0) is 19.1 Å². The number of carbonyl (C=O) groups is 1. The molecule has 1 atom stereocenters. The van der Waals surface area contributed by atoms with Gasteiger partial charge in [-0.2, -0.15) is 13.2 Å². The summed E-state index contributed by atoms with van der Waals surface area (Å²) in [6.07, 6.45) is -4.49. The summed E-state index contributed by atoms with van der Waals surface area (Å²) in [5, 5.41) is 2.43. The number of halogens is 4. The first-order chi connectivity index (χ1) is 10.3. The second kappa shape index (κ2) is 5.53. The molecule has 1 aromatic carbocycles. The Morgan fingerprint density at radius 3 is 2.73 bits per heavy atom. The van der Waals surface area contributed by atoms with Gasteiger partial charge in [0.25, 0.3) is 5.91 Å². The molecule has 7 heteroatoms. The van der Waals surface area contributed by atoms with Gasteiger partial charge < -0.3 is 10.2 Å². The number of hydrogen-bond acceptors (Lipinski definition) is 2. The van der Waals surface area contributed by atoms with Crippen molar-refractivity contribution in [3.8, 4) is 0 Å². The van der Waals surface area contributed by atoms with Crippen molar-refractivity contribution in [1.82, 2.24) is 10.2 Å². The number of carbonyl (C=O) groups excluding carboxylic acids is 1. The number of nitrogens with zero attached hydrogens (tertiary/aromatic N) is 1. The van der Waals surface area contributed by atoms with E-state index in [1.54, 1.807) is 0 Å². The number of alkyl halides is 4. The topological polar surface area (TPSA) is 32.3 Å². The van der Waals surface area contributed by atoms with E-state index in [0.717, 1.165) is 6.07 Å². The van der Waals surface area contributed by atoms with Crippen molar-refractivity contribution in [2.45, 2.75) is 31.7 Å². The van der Waals surface area contributed by atoms with Crippen LogP contribution in [0, 0.1) is 0 Å². The maximum atomic E-state index is 13.1. The molecule has 0 unspecified atom stereocenters. The molecule has 22 heavy (non-hydrogen) atoms. The SMILES string of the molecule is O=C1NCc2c1cc(CCN1CC[C@H](F)C1)cc2C(F)(F)F. The Balaban J connectivity index is 1.83. The van der Waals surface area contributed by atoms with Crippen LogP contribution in [0.3, 0.4) is 0 Å². The van der Waals surface area contributed by atoms with E-state index in [1.807, 2.05) is 4.90 Å². The molecule has 2 aliphatic rings. The van der Waals surface area contributed by atoms with Gasteiger partial charge in [-0.05, 0) is 36.1 Å². The summed E-state index contributed by atoms with van der Waals surface area (Å²) in [4.78, 5) is 13.6. The lowest BCUT2D eigenvalue weighted by molar-refractivity contribution is -0.138. The largest absolute Gasteiger partial charge is 0.416 e. The fraction of sp³-hybridized carbons (Fsp3) is 0.533.